The van der Waals surface area contributed by atoms with Gasteiger partial charge in [-0.15, -0.1) is 0 Å². The minimum absolute atomic E-state index is 0.0729. The first-order valence-corrected chi connectivity index (χ1v) is 7.52. The summed E-state index contributed by atoms with van der Waals surface area (Å²) in [7, 11) is -2.93. The number of ether oxygens (including phenoxy) is 2. The van der Waals surface area contributed by atoms with Crippen molar-refractivity contribution >= 4 is 9.84 Å². The van der Waals surface area contributed by atoms with Crippen molar-refractivity contribution in [3.63, 3.8) is 0 Å². The van der Waals surface area contributed by atoms with Crippen molar-refractivity contribution in [2.45, 2.75) is 43.3 Å². The van der Waals surface area contributed by atoms with Crippen LogP contribution in [0.15, 0.2) is 0 Å². The molecule has 2 N–H and O–H groups in total. The molecule has 0 aliphatic carbocycles. The molecule has 0 aromatic heterocycles. The predicted octanol–water partition coefficient (Wildman–Crippen LogP) is 0.0440. The predicted molar refractivity (Wildman–Crippen MR) is 59.7 cm³/mol. The first-order chi connectivity index (χ1) is 7.62. The lowest BCUT2D eigenvalue weighted by atomic mass is 10.1. The van der Waals surface area contributed by atoms with Crippen molar-refractivity contribution in [2.24, 2.45) is 5.73 Å². The Morgan fingerprint density at radius 2 is 2.12 bits per heavy atom. The van der Waals surface area contributed by atoms with Gasteiger partial charge < -0.3 is 15.2 Å². The molecule has 2 aliphatic heterocycles. The second kappa shape index (κ2) is 5.00. The van der Waals surface area contributed by atoms with E-state index in [1.807, 2.05) is 0 Å². The van der Waals surface area contributed by atoms with Gasteiger partial charge in [0.2, 0.25) is 0 Å². The SMILES string of the molecule is NCC1COC(CC2CCCCS2(=O)=O)O1. The zero-order valence-electron chi connectivity index (χ0n) is 9.30. The highest BCUT2D eigenvalue weighted by molar-refractivity contribution is 7.92. The third kappa shape index (κ3) is 2.74. The van der Waals surface area contributed by atoms with Crippen molar-refractivity contribution in [3.05, 3.63) is 0 Å². The zero-order valence-corrected chi connectivity index (χ0v) is 10.1. The molecule has 2 fully saturated rings. The quantitative estimate of drug-likeness (QED) is 0.764. The standard InChI is InChI=1S/C10H19NO4S/c11-6-8-7-14-10(15-8)5-9-3-1-2-4-16(9,12)13/h8-10H,1-7,11H2. The maximum absolute atomic E-state index is 11.8. The Morgan fingerprint density at radius 3 is 2.75 bits per heavy atom. The van der Waals surface area contributed by atoms with Gasteiger partial charge in [-0.3, -0.25) is 0 Å². The van der Waals surface area contributed by atoms with Crippen LogP contribution in [-0.2, 0) is 19.3 Å². The first kappa shape index (κ1) is 12.3. The third-order valence-corrected chi connectivity index (χ3v) is 5.54. The van der Waals surface area contributed by atoms with Gasteiger partial charge in [-0.25, -0.2) is 8.42 Å². The molecule has 0 bridgehead atoms. The van der Waals surface area contributed by atoms with Gasteiger partial charge in [0.05, 0.1) is 23.7 Å². The summed E-state index contributed by atoms with van der Waals surface area (Å²) in [6.45, 7) is 0.905. The van der Waals surface area contributed by atoms with E-state index in [0.29, 0.717) is 25.3 Å². The number of hydrogen-bond donors (Lipinski definition) is 1. The van der Waals surface area contributed by atoms with E-state index in [1.54, 1.807) is 0 Å². The summed E-state index contributed by atoms with van der Waals surface area (Å²) in [5.74, 6) is 0.310. The summed E-state index contributed by atoms with van der Waals surface area (Å²) in [6, 6.07) is 0. The minimum atomic E-state index is -2.93. The topological polar surface area (TPSA) is 78.6 Å². The maximum atomic E-state index is 11.8. The molecular weight excluding hydrogens is 230 g/mol. The zero-order chi connectivity index (χ0) is 11.6. The van der Waals surface area contributed by atoms with Crippen LogP contribution in [0.1, 0.15) is 25.7 Å². The molecular formula is C10H19NO4S. The molecule has 5 nitrogen and oxygen atoms in total. The maximum Gasteiger partial charge on any atom is 0.159 e. The highest BCUT2D eigenvalue weighted by Gasteiger charge is 2.34. The van der Waals surface area contributed by atoms with E-state index in [1.165, 1.54) is 0 Å². The summed E-state index contributed by atoms with van der Waals surface area (Å²) in [4.78, 5) is 0. The van der Waals surface area contributed by atoms with Crippen LogP contribution >= 0.6 is 0 Å². The lowest BCUT2D eigenvalue weighted by Crippen LogP contribution is -2.32. The third-order valence-electron chi connectivity index (χ3n) is 3.24. The molecule has 0 radical (unpaired) electrons. The summed E-state index contributed by atoms with van der Waals surface area (Å²) in [5.41, 5.74) is 5.46. The Balaban J connectivity index is 1.89. The second-order valence-electron chi connectivity index (χ2n) is 4.48. The molecule has 94 valence electrons. The molecule has 2 heterocycles. The summed E-state index contributed by atoms with van der Waals surface area (Å²) in [5, 5.41) is -0.289. The fraction of sp³-hybridized carbons (Fsp3) is 1.00. The largest absolute Gasteiger partial charge is 0.350 e. The fourth-order valence-corrected chi connectivity index (χ4v) is 4.17. The Hall–Kier alpha value is -0.170. The highest BCUT2D eigenvalue weighted by atomic mass is 32.2. The Bertz CT molecular complexity index is 330. The van der Waals surface area contributed by atoms with Gasteiger partial charge in [-0.05, 0) is 12.8 Å². The number of sulfone groups is 1. The fourth-order valence-electron chi connectivity index (χ4n) is 2.26. The average molecular weight is 249 g/mol. The molecule has 0 saturated carbocycles. The van der Waals surface area contributed by atoms with Crippen LogP contribution in [-0.4, -0.2) is 45.0 Å². The summed E-state index contributed by atoms with van der Waals surface area (Å²) in [6.07, 6.45) is 2.51. The molecule has 0 amide bonds. The molecule has 3 atom stereocenters. The molecule has 6 heteroatoms. The van der Waals surface area contributed by atoms with Crippen LogP contribution in [0.25, 0.3) is 0 Å². The van der Waals surface area contributed by atoms with Gasteiger partial charge in [0.25, 0.3) is 0 Å². The van der Waals surface area contributed by atoms with Gasteiger partial charge in [0, 0.05) is 13.0 Å². The Kier molecular flexibility index (Phi) is 3.84. The van der Waals surface area contributed by atoms with E-state index in [2.05, 4.69) is 0 Å². The molecule has 2 rings (SSSR count). The number of nitrogens with two attached hydrogens (primary N) is 1. The normalized spacial score (nSPS) is 38.7. The van der Waals surface area contributed by atoms with Crippen LogP contribution < -0.4 is 5.73 Å². The van der Waals surface area contributed by atoms with Crippen molar-refractivity contribution < 1.29 is 17.9 Å². The van der Waals surface area contributed by atoms with Crippen molar-refractivity contribution in [3.8, 4) is 0 Å². The van der Waals surface area contributed by atoms with Crippen LogP contribution in [0.3, 0.4) is 0 Å². The van der Waals surface area contributed by atoms with Crippen molar-refractivity contribution in [1.29, 1.82) is 0 Å². The van der Waals surface area contributed by atoms with Crippen LogP contribution in [0.4, 0.5) is 0 Å². The highest BCUT2D eigenvalue weighted by Crippen LogP contribution is 2.26. The smallest absolute Gasteiger partial charge is 0.159 e. The van der Waals surface area contributed by atoms with Gasteiger partial charge in [0.1, 0.15) is 0 Å². The Labute approximate surface area is 96.2 Å². The van der Waals surface area contributed by atoms with E-state index in [-0.39, 0.29) is 17.6 Å². The molecule has 0 aromatic carbocycles. The second-order valence-corrected chi connectivity index (χ2v) is 6.88. The van der Waals surface area contributed by atoms with E-state index in [9.17, 15) is 8.42 Å². The van der Waals surface area contributed by atoms with Gasteiger partial charge >= 0.3 is 0 Å². The molecule has 2 saturated heterocycles. The lowest BCUT2D eigenvalue weighted by molar-refractivity contribution is -0.0611. The first-order valence-electron chi connectivity index (χ1n) is 5.80. The van der Waals surface area contributed by atoms with E-state index >= 15 is 0 Å². The van der Waals surface area contributed by atoms with E-state index in [4.69, 9.17) is 15.2 Å². The van der Waals surface area contributed by atoms with Crippen molar-refractivity contribution in [1.82, 2.24) is 0 Å². The summed E-state index contributed by atoms with van der Waals surface area (Å²) >= 11 is 0. The van der Waals surface area contributed by atoms with Crippen LogP contribution in [0.5, 0.6) is 0 Å². The summed E-state index contributed by atoms with van der Waals surface area (Å²) < 4.78 is 34.5. The van der Waals surface area contributed by atoms with E-state index in [0.717, 1.165) is 19.3 Å². The van der Waals surface area contributed by atoms with Crippen LogP contribution in [0.2, 0.25) is 0 Å². The molecule has 2 aliphatic rings. The minimum Gasteiger partial charge on any atom is -0.350 e. The van der Waals surface area contributed by atoms with E-state index < -0.39 is 9.84 Å². The monoisotopic (exact) mass is 249 g/mol. The molecule has 16 heavy (non-hydrogen) atoms. The molecule has 0 spiro atoms. The Morgan fingerprint density at radius 1 is 1.31 bits per heavy atom. The van der Waals surface area contributed by atoms with Gasteiger partial charge in [0.15, 0.2) is 16.1 Å². The van der Waals surface area contributed by atoms with Crippen LogP contribution in [0, 0.1) is 0 Å². The average Bonchev–Trinajstić information content (AvgIpc) is 2.69. The van der Waals surface area contributed by atoms with Crippen molar-refractivity contribution in [2.75, 3.05) is 18.9 Å². The number of rotatable bonds is 3. The lowest BCUT2D eigenvalue weighted by Gasteiger charge is -2.24. The van der Waals surface area contributed by atoms with Gasteiger partial charge in [-0.1, -0.05) is 6.42 Å². The molecule has 3 unspecified atom stereocenters. The van der Waals surface area contributed by atoms with Gasteiger partial charge in [-0.2, -0.15) is 0 Å². The number of hydrogen-bond acceptors (Lipinski definition) is 5. The molecule has 0 aromatic rings.